The monoisotopic (exact) mass is 323 g/mol. The molecule has 4 rings (SSSR count). The largest absolute Gasteiger partial charge is 0.264 e. The van der Waals surface area contributed by atoms with E-state index in [9.17, 15) is 4.39 Å². The summed E-state index contributed by atoms with van der Waals surface area (Å²) in [6.07, 6.45) is 6.88. The molecule has 0 amide bonds. The Labute approximate surface area is 134 Å². The lowest BCUT2D eigenvalue weighted by molar-refractivity contribution is 0.625. The summed E-state index contributed by atoms with van der Waals surface area (Å²) >= 11 is 1.39. The van der Waals surface area contributed by atoms with E-state index in [-0.39, 0.29) is 5.82 Å². The van der Waals surface area contributed by atoms with Gasteiger partial charge in [-0.25, -0.2) is 4.39 Å². The molecule has 0 saturated carbocycles. The molecule has 3 aromatic heterocycles. The van der Waals surface area contributed by atoms with E-state index in [0.29, 0.717) is 16.3 Å². The number of aromatic nitrogens is 5. The van der Waals surface area contributed by atoms with Crippen LogP contribution in [-0.4, -0.2) is 24.8 Å². The molecule has 0 radical (unpaired) electrons. The van der Waals surface area contributed by atoms with Crippen molar-refractivity contribution < 1.29 is 4.39 Å². The lowest BCUT2D eigenvalue weighted by Crippen LogP contribution is -1.91. The second-order valence-corrected chi connectivity index (χ2v) is 5.74. The third-order valence-corrected chi connectivity index (χ3v) is 4.10. The first-order valence-electron chi connectivity index (χ1n) is 6.86. The van der Waals surface area contributed by atoms with Crippen LogP contribution in [0.25, 0.3) is 28.5 Å². The Bertz CT molecular complexity index is 990. The summed E-state index contributed by atoms with van der Waals surface area (Å²) in [5, 5.41) is 13.4. The van der Waals surface area contributed by atoms with Gasteiger partial charge in [0.2, 0.25) is 4.96 Å². The van der Waals surface area contributed by atoms with E-state index in [1.165, 1.54) is 17.4 Å². The SMILES string of the molecule is Fc1ccccc1C=Cc1nn2c(-c3cccnc3)nnc2s1. The van der Waals surface area contributed by atoms with Crippen LogP contribution in [0.2, 0.25) is 0 Å². The zero-order valence-electron chi connectivity index (χ0n) is 11.8. The lowest BCUT2D eigenvalue weighted by atomic mass is 10.2. The van der Waals surface area contributed by atoms with Crippen molar-refractivity contribution >= 4 is 28.4 Å². The van der Waals surface area contributed by atoms with Gasteiger partial charge in [-0.05, 0) is 30.4 Å². The van der Waals surface area contributed by atoms with Crippen LogP contribution in [0.1, 0.15) is 10.6 Å². The second-order valence-electron chi connectivity index (χ2n) is 4.75. The fraction of sp³-hybridized carbons (Fsp3) is 0. The minimum Gasteiger partial charge on any atom is -0.264 e. The van der Waals surface area contributed by atoms with E-state index in [2.05, 4.69) is 20.3 Å². The Morgan fingerprint density at radius 3 is 2.78 bits per heavy atom. The van der Waals surface area contributed by atoms with Gasteiger partial charge in [0.25, 0.3) is 0 Å². The number of pyridine rings is 1. The molecule has 112 valence electrons. The molecular weight excluding hydrogens is 313 g/mol. The third kappa shape index (κ3) is 2.62. The topological polar surface area (TPSA) is 56.0 Å². The summed E-state index contributed by atoms with van der Waals surface area (Å²) in [7, 11) is 0. The van der Waals surface area contributed by atoms with Crippen molar-refractivity contribution in [1.29, 1.82) is 0 Å². The molecule has 3 heterocycles. The molecule has 4 aromatic rings. The van der Waals surface area contributed by atoms with Crippen LogP contribution in [0.4, 0.5) is 4.39 Å². The molecule has 0 spiro atoms. The smallest absolute Gasteiger partial charge is 0.235 e. The number of hydrogen-bond acceptors (Lipinski definition) is 5. The maximum Gasteiger partial charge on any atom is 0.235 e. The predicted molar refractivity (Wildman–Crippen MR) is 87.2 cm³/mol. The average Bonchev–Trinajstić information content (AvgIpc) is 3.15. The number of hydrogen-bond donors (Lipinski definition) is 0. The van der Waals surface area contributed by atoms with Crippen LogP contribution < -0.4 is 0 Å². The highest BCUT2D eigenvalue weighted by Crippen LogP contribution is 2.22. The molecule has 0 fully saturated rings. The van der Waals surface area contributed by atoms with Gasteiger partial charge in [-0.15, -0.1) is 10.2 Å². The molecule has 0 bridgehead atoms. The molecule has 0 atom stereocenters. The van der Waals surface area contributed by atoms with E-state index in [1.807, 2.05) is 12.1 Å². The molecule has 0 aliphatic rings. The lowest BCUT2D eigenvalue weighted by Gasteiger charge is -1.95. The Morgan fingerprint density at radius 2 is 1.96 bits per heavy atom. The van der Waals surface area contributed by atoms with Gasteiger partial charge in [-0.3, -0.25) is 4.98 Å². The summed E-state index contributed by atoms with van der Waals surface area (Å²) in [5.74, 6) is 0.373. The minimum absolute atomic E-state index is 0.261. The summed E-state index contributed by atoms with van der Waals surface area (Å²) in [4.78, 5) is 4.76. The van der Waals surface area contributed by atoms with E-state index in [0.717, 1.165) is 10.6 Å². The Morgan fingerprint density at radius 1 is 1.04 bits per heavy atom. The number of benzene rings is 1. The quantitative estimate of drug-likeness (QED) is 0.578. The fourth-order valence-corrected chi connectivity index (χ4v) is 2.89. The van der Waals surface area contributed by atoms with E-state index in [1.54, 1.807) is 47.3 Å². The normalized spacial score (nSPS) is 11.5. The highest BCUT2D eigenvalue weighted by atomic mass is 32.1. The van der Waals surface area contributed by atoms with Gasteiger partial charge in [-0.2, -0.15) is 9.61 Å². The molecule has 7 heteroatoms. The van der Waals surface area contributed by atoms with E-state index in [4.69, 9.17) is 0 Å². The third-order valence-electron chi connectivity index (χ3n) is 3.24. The molecule has 1 aromatic carbocycles. The predicted octanol–water partition coefficient (Wildman–Crippen LogP) is 3.56. The zero-order chi connectivity index (χ0) is 15.6. The molecule has 0 N–H and O–H groups in total. The molecule has 23 heavy (non-hydrogen) atoms. The number of nitrogens with zero attached hydrogens (tertiary/aromatic N) is 5. The molecule has 0 aliphatic heterocycles. The standard InChI is InChI=1S/C16H10FN5S/c17-13-6-2-1-4-11(13)7-8-14-21-22-15(19-20-16(22)23-14)12-5-3-9-18-10-12/h1-10H. The van der Waals surface area contributed by atoms with Crippen molar-refractivity contribution in [1.82, 2.24) is 24.8 Å². The van der Waals surface area contributed by atoms with Crippen molar-refractivity contribution in [2.45, 2.75) is 0 Å². The molecule has 0 aliphatic carbocycles. The number of fused-ring (bicyclic) bond motifs is 1. The van der Waals surface area contributed by atoms with Crippen molar-refractivity contribution in [2.75, 3.05) is 0 Å². The fourth-order valence-electron chi connectivity index (χ4n) is 2.15. The molecule has 0 unspecified atom stereocenters. The van der Waals surface area contributed by atoms with Crippen LogP contribution >= 0.6 is 11.3 Å². The number of halogens is 1. The highest BCUT2D eigenvalue weighted by Gasteiger charge is 2.12. The molecule has 0 saturated heterocycles. The first-order chi connectivity index (χ1) is 11.3. The molecular formula is C16H10FN5S. The number of rotatable bonds is 3. The Hall–Kier alpha value is -2.93. The maximum atomic E-state index is 13.6. The maximum absolute atomic E-state index is 13.6. The van der Waals surface area contributed by atoms with E-state index >= 15 is 0 Å². The van der Waals surface area contributed by atoms with Gasteiger partial charge in [0, 0.05) is 23.5 Å². The first kappa shape index (κ1) is 13.7. The van der Waals surface area contributed by atoms with Crippen LogP contribution in [0, 0.1) is 5.82 Å². The van der Waals surface area contributed by atoms with Gasteiger partial charge in [0.15, 0.2) is 5.82 Å². The van der Waals surface area contributed by atoms with Crippen LogP contribution in [0.5, 0.6) is 0 Å². The van der Waals surface area contributed by atoms with Crippen LogP contribution in [0.15, 0.2) is 48.8 Å². The van der Waals surface area contributed by atoms with Crippen molar-refractivity contribution in [3.63, 3.8) is 0 Å². The molecule has 5 nitrogen and oxygen atoms in total. The Kier molecular flexibility index (Phi) is 3.39. The van der Waals surface area contributed by atoms with Crippen molar-refractivity contribution in [3.05, 3.63) is 65.2 Å². The van der Waals surface area contributed by atoms with E-state index < -0.39 is 0 Å². The Balaban J connectivity index is 1.71. The van der Waals surface area contributed by atoms with Gasteiger partial charge in [0.1, 0.15) is 10.8 Å². The van der Waals surface area contributed by atoms with Crippen molar-refractivity contribution in [2.24, 2.45) is 0 Å². The van der Waals surface area contributed by atoms with Crippen molar-refractivity contribution in [3.8, 4) is 11.4 Å². The summed E-state index contributed by atoms with van der Waals surface area (Å²) in [6, 6.07) is 10.3. The van der Waals surface area contributed by atoms with Gasteiger partial charge >= 0.3 is 0 Å². The van der Waals surface area contributed by atoms with Gasteiger partial charge < -0.3 is 0 Å². The zero-order valence-corrected chi connectivity index (χ0v) is 12.6. The summed E-state index contributed by atoms with van der Waals surface area (Å²) in [5.41, 5.74) is 1.36. The highest BCUT2D eigenvalue weighted by molar-refractivity contribution is 7.17. The van der Waals surface area contributed by atoms with Crippen LogP contribution in [-0.2, 0) is 0 Å². The summed E-state index contributed by atoms with van der Waals surface area (Å²) in [6.45, 7) is 0. The van der Waals surface area contributed by atoms with Gasteiger partial charge in [0.05, 0.1) is 0 Å². The van der Waals surface area contributed by atoms with Gasteiger partial charge in [-0.1, -0.05) is 29.5 Å². The minimum atomic E-state index is -0.261. The summed E-state index contributed by atoms with van der Waals surface area (Å²) < 4.78 is 15.3. The second kappa shape index (κ2) is 5.69. The first-order valence-corrected chi connectivity index (χ1v) is 7.68. The van der Waals surface area contributed by atoms with Crippen LogP contribution in [0.3, 0.4) is 0 Å². The average molecular weight is 323 g/mol.